The zero-order valence-electron chi connectivity index (χ0n) is 11.0. The third kappa shape index (κ3) is 2.39. The van der Waals surface area contributed by atoms with Gasteiger partial charge in [-0.1, -0.05) is 13.0 Å². The smallest absolute Gasteiger partial charge is 0.141 e. The number of rotatable bonds is 3. The minimum atomic E-state index is 0.295. The molecule has 0 bridgehead atoms. The number of hydrogen-bond acceptors (Lipinski definition) is 3. The maximum Gasteiger partial charge on any atom is 0.141 e. The fourth-order valence-electron chi connectivity index (χ4n) is 2.55. The van der Waals surface area contributed by atoms with Crippen LogP contribution in [-0.2, 0) is 5.41 Å². The second-order valence-corrected chi connectivity index (χ2v) is 4.98. The molecule has 1 aliphatic heterocycles. The largest absolute Gasteiger partial charge is 0.495 e. The maximum atomic E-state index is 5.34. The Morgan fingerprint density at radius 3 is 2.59 bits per heavy atom. The van der Waals surface area contributed by atoms with E-state index in [4.69, 9.17) is 4.74 Å². The topological polar surface area (TPSA) is 33.3 Å². The van der Waals surface area contributed by atoms with Crippen molar-refractivity contribution in [2.75, 3.05) is 32.6 Å². The van der Waals surface area contributed by atoms with Crippen LogP contribution in [0.1, 0.15) is 25.3 Å². The van der Waals surface area contributed by atoms with Crippen molar-refractivity contribution in [3.05, 3.63) is 23.8 Å². The van der Waals surface area contributed by atoms with Gasteiger partial charge in [0.1, 0.15) is 5.75 Å². The van der Waals surface area contributed by atoms with E-state index in [1.807, 2.05) is 7.05 Å². The molecule has 94 valence electrons. The van der Waals surface area contributed by atoms with Gasteiger partial charge in [0.15, 0.2) is 0 Å². The lowest BCUT2D eigenvalue weighted by Crippen LogP contribution is -2.37. The summed E-state index contributed by atoms with van der Waals surface area (Å²) in [5.41, 5.74) is 2.78. The number of hydrogen-bond donors (Lipinski definition) is 2. The second-order valence-electron chi connectivity index (χ2n) is 4.98. The first-order valence-electron chi connectivity index (χ1n) is 6.26. The van der Waals surface area contributed by atoms with E-state index in [2.05, 4.69) is 35.8 Å². The molecule has 1 aliphatic rings. The van der Waals surface area contributed by atoms with Crippen LogP contribution in [-0.4, -0.2) is 27.2 Å². The van der Waals surface area contributed by atoms with Crippen LogP contribution in [0.2, 0.25) is 0 Å². The van der Waals surface area contributed by atoms with E-state index < -0.39 is 0 Å². The van der Waals surface area contributed by atoms with Crippen LogP contribution in [0, 0.1) is 0 Å². The van der Waals surface area contributed by atoms with Crippen LogP contribution in [0.5, 0.6) is 5.75 Å². The fourth-order valence-corrected chi connectivity index (χ4v) is 2.55. The standard InChI is InChI=1S/C14H22N2O/c1-14(6-8-16-9-7-14)11-4-5-13(17-3)12(10-11)15-2/h4-5,10,15-16H,6-9H2,1-3H3. The zero-order chi connectivity index (χ0) is 12.3. The Morgan fingerprint density at radius 1 is 1.29 bits per heavy atom. The average molecular weight is 234 g/mol. The minimum absolute atomic E-state index is 0.295. The van der Waals surface area contributed by atoms with Crippen LogP contribution in [0.15, 0.2) is 18.2 Å². The normalized spacial score (nSPS) is 18.8. The van der Waals surface area contributed by atoms with E-state index in [-0.39, 0.29) is 0 Å². The highest BCUT2D eigenvalue weighted by Crippen LogP contribution is 2.36. The number of nitrogens with one attached hydrogen (secondary N) is 2. The number of anilines is 1. The van der Waals surface area contributed by atoms with E-state index in [0.29, 0.717) is 5.41 Å². The predicted octanol–water partition coefficient (Wildman–Crippen LogP) is 2.38. The Hall–Kier alpha value is -1.22. The van der Waals surface area contributed by atoms with Crippen LogP contribution in [0.4, 0.5) is 5.69 Å². The van der Waals surface area contributed by atoms with Crippen molar-refractivity contribution in [1.82, 2.24) is 5.32 Å². The first-order chi connectivity index (χ1) is 8.19. The van der Waals surface area contributed by atoms with Gasteiger partial charge in [0.05, 0.1) is 12.8 Å². The van der Waals surface area contributed by atoms with Crippen LogP contribution in [0.25, 0.3) is 0 Å². The van der Waals surface area contributed by atoms with E-state index in [9.17, 15) is 0 Å². The molecular weight excluding hydrogens is 212 g/mol. The molecule has 1 saturated heterocycles. The predicted molar refractivity (Wildman–Crippen MR) is 72.0 cm³/mol. The van der Waals surface area contributed by atoms with Crippen molar-refractivity contribution >= 4 is 5.69 Å². The Labute approximate surface area is 104 Å². The highest BCUT2D eigenvalue weighted by molar-refractivity contribution is 5.58. The van der Waals surface area contributed by atoms with Gasteiger partial charge in [0.2, 0.25) is 0 Å². The van der Waals surface area contributed by atoms with Crippen molar-refractivity contribution in [3.8, 4) is 5.75 Å². The van der Waals surface area contributed by atoms with Gasteiger partial charge >= 0.3 is 0 Å². The van der Waals surface area contributed by atoms with Gasteiger partial charge in [-0.15, -0.1) is 0 Å². The van der Waals surface area contributed by atoms with Gasteiger partial charge < -0.3 is 15.4 Å². The fraction of sp³-hybridized carbons (Fsp3) is 0.571. The molecule has 0 aromatic heterocycles. The molecule has 17 heavy (non-hydrogen) atoms. The lowest BCUT2D eigenvalue weighted by Gasteiger charge is -2.35. The lowest BCUT2D eigenvalue weighted by molar-refractivity contribution is 0.335. The minimum Gasteiger partial charge on any atom is -0.495 e. The van der Waals surface area contributed by atoms with Gasteiger partial charge in [-0.2, -0.15) is 0 Å². The molecule has 3 nitrogen and oxygen atoms in total. The summed E-state index contributed by atoms with van der Waals surface area (Å²) in [4.78, 5) is 0. The van der Waals surface area contributed by atoms with Crippen molar-refractivity contribution in [1.29, 1.82) is 0 Å². The molecule has 1 aromatic rings. The Morgan fingerprint density at radius 2 is 2.00 bits per heavy atom. The van der Waals surface area contributed by atoms with Crippen LogP contribution >= 0.6 is 0 Å². The maximum absolute atomic E-state index is 5.34. The van der Waals surface area contributed by atoms with Crippen molar-refractivity contribution in [3.63, 3.8) is 0 Å². The monoisotopic (exact) mass is 234 g/mol. The summed E-state index contributed by atoms with van der Waals surface area (Å²) >= 11 is 0. The quantitative estimate of drug-likeness (QED) is 0.842. The second kappa shape index (κ2) is 4.96. The molecule has 2 N–H and O–H groups in total. The first-order valence-corrected chi connectivity index (χ1v) is 6.26. The molecule has 2 rings (SSSR count). The first kappa shape index (κ1) is 12.2. The summed E-state index contributed by atoms with van der Waals surface area (Å²) in [7, 11) is 3.65. The summed E-state index contributed by atoms with van der Waals surface area (Å²) in [5, 5.41) is 6.62. The third-order valence-electron chi connectivity index (χ3n) is 3.87. The Bertz CT molecular complexity index is 384. The van der Waals surface area contributed by atoms with Gasteiger partial charge in [-0.3, -0.25) is 0 Å². The molecule has 0 spiro atoms. The SMILES string of the molecule is CNc1cc(C2(C)CCNCC2)ccc1OC. The highest BCUT2D eigenvalue weighted by atomic mass is 16.5. The van der Waals surface area contributed by atoms with Crippen molar-refractivity contribution < 1.29 is 4.74 Å². The Kier molecular flexibility index (Phi) is 3.57. The number of benzene rings is 1. The van der Waals surface area contributed by atoms with E-state index in [1.165, 1.54) is 18.4 Å². The van der Waals surface area contributed by atoms with Gasteiger partial charge in [0.25, 0.3) is 0 Å². The molecule has 0 amide bonds. The Balaban J connectivity index is 2.32. The molecule has 0 radical (unpaired) electrons. The molecule has 1 aromatic carbocycles. The molecule has 1 heterocycles. The average Bonchev–Trinajstić information content (AvgIpc) is 2.38. The summed E-state index contributed by atoms with van der Waals surface area (Å²) in [6.45, 7) is 4.57. The summed E-state index contributed by atoms with van der Waals surface area (Å²) in [6.07, 6.45) is 2.39. The molecule has 0 unspecified atom stereocenters. The molecule has 0 aliphatic carbocycles. The van der Waals surface area contributed by atoms with E-state index in [0.717, 1.165) is 24.5 Å². The highest BCUT2D eigenvalue weighted by Gasteiger charge is 2.29. The molecular formula is C14H22N2O. The molecule has 0 saturated carbocycles. The van der Waals surface area contributed by atoms with Crippen molar-refractivity contribution in [2.45, 2.75) is 25.2 Å². The third-order valence-corrected chi connectivity index (χ3v) is 3.87. The summed E-state index contributed by atoms with van der Waals surface area (Å²) < 4.78 is 5.34. The molecule has 3 heteroatoms. The summed E-state index contributed by atoms with van der Waals surface area (Å²) in [5.74, 6) is 0.911. The van der Waals surface area contributed by atoms with Crippen LogP contribution < -0.4 is 15.4 Å². The van der Waals surface area contributed by atoms with Crippen LogP contribution in [0.3, 0.4) is 0 Å². The molecule has 0 atom stereocenters. The zero-order valence-corrected chi connectivity index (χ0v) is 11.0. The van der Waals surface area contributed by atoms with Gasteiger partial charge in [-0.05, 0) is 49.0 Å². The number of ether oxygens (including phenoxy) is 1. The summed E-state index contributed by atoms with van der Waals surface area (Å²) in [6, 6.07) is 6.49. The molecule has 1 fully saturated rings. The van der Waals surface area contributed by atoms with E-state index >= 15 is 0 Å². The van der Waals surface area contributed by atoms with Gasteiger partial charge in [0, 0.05) is 7.05 Å². The van der Waals surface area contributed by atoms with E-state index in [1.54, 1.807) is 7.11 Å². The number of methoxy groups -OCH3 is 1. The lowest BCUT2D eigenvalue weighted by atomic mass is 9.75. The van der Waals surface area contributed by atoms with Crippen molar-refractivity contribution in [2.24, 2.45) is 0 Å². The number of piperidine rings is 1. The van der Waals surface area contributed by atoms with Gasteiger partial charge in [-0.25, -0.2) is 0 Å².